The minimum absolute atomic E-state index is 0.0311. The topological polar surface area (TPSA) is 71.5 Å². The van der Waals surface area contributed by atoms with E-state index in [1.165, 1.54) is 6.92 Å². The van der Waals surface area contributed by atoms with Gasteiger partial charge < -0.3 is 0 Å². The lowest BCUT2D eigenvalue weighted by molar-refractivity contribution is -0.128. The summed E-state index contributed by atoms with van der Waals surface area (Å²) in [5.41, 5.74) is -0.891. The molecule has 0 saturated heterocycles. The average molecular weight is 475 g/mol. The number of rotatable bonds is 4. The van der Waals surface area contributed by atoms with Crippen molar-refractivity contribution < 1.29 is 18.0 Å². The molecule has 2 aliphatic carbocycles. The third-order valence-electron chi connectivity index (χ3n) is 6.20. The number of anilines is 1. The first-order valence-corrected chi connectivity index (χ1v) is 11.0. The minimum Gasteiger partial charge on any atom is -0.299 e. The third kappa shape index (κ3) is 2.74. The molecule has 2 saturated carbocycles. The molecule has 2 fully saturated rings. The summed E-state index contributed by atoms with van der Waals surface area (Å²) < 4.78 is 28.0. The highest BCUT2D eigenvalue weighted by Crippen LogP contribution is 2.64. The zero-order valence-corrected chi connectivity index (χ0v) is 17.6. The van der Waals surface area contributed by atoms with Crippen LogP contribution in [0.15, 0.2) is 24.3 Å². The van der Waals surface area contributed by atoms with Crippen molar-refractivity contribution in [2.45, 2.75) is 40.0 Å². The Hall–Kier alpha value is -0.960. The smallest absolute Gasteiger partial charge is 0.242 e. The summed E-state index contributed by atoms with van der Waals surface area (Å²) in [6.45, 7) is 5.24. The Kier molecular flexibility index (Phi) is 4.55. The molecule has 25 heavy (non-hydrogen) atoms. The maximum atomic E-state index is 13.2. The summed E-state index contributed by atoms with van der Waals surface area (Å²) in [7, 11) is -3.97. The molecule has 0 N–H and O–H groups in total. The molecule has 2 aliphatic rings. The van der Waals surface area contributed by atoms with Crippen molar-refractivity contribution in [1.82, 2.24) is 0 Å². The molecule has 0 spiro atoms. The Labute approximate surface area is 162 Å². The highest BCUT2D eigenvalue weighted by Gasteiger charge is 2.65. The van der Waals surface area contributed by atoms with Gasteiger partial charge in [-0.1, -0.05) is 26.0 Å². The van der Waals surface area contributed by atoms with Gasteiger partial charge in [0.25, 0.3) is 0 Å². The summed E-state index contributed by atoms with van der Waals surface area (Å²) in [5.74, 6) is -0.591. The van der Waals surface area contributed by atoms with Gasteiger partial charge in [-0.3, -0.25) is 9.59 Å². The van der Waals surface area contributed by atoms with E-state index in [9.17, 15) is 18.0 Å². The van der Waals surface area contributed by atoms with Crippen molar-refractivity contribution in [2.24, 2.45) is 16.7 Å². The van der Waals surface area contributed by atoms with Gasteiger partial charge in [-0.2, -0.15) is 0 Å². The van der Waals surface area contributed by atoms with Gasteiger partial charge in [-0.05, 0) is 58.9 Å². The molecular weight excluding hydrogens is 453 g/mol. The maximum absolute atomic E-state index is 13.2. The van der Waals surface area contributed by atoms with E-state index in [0.29, 0.717) is 22.1 Å². The lowest BCUT2D eigenvalue weighted by Crippen LogP contribution is -2.48. The van der Waals surface area contributed by atoms with Crippen LogP contribution in [0.2, 0.25) is 0 Å². The Morgan fingerprint density at radius 3 is 2.44 bits per heavy atom. The van der Waals surface area contributed by atoms with Crippen LogP contribution in [0, 0.1) is 20.3 Å². The molecule has 136 valence electrons. The van der Waals surface area contributed by atoms with E-state index in [1.54, 1.807) is 24.3 Å². The molecule has 2 bridgehead atoms. The van der Waals surface area contributed by atoms with Crippen LogP contribution in [0.3, 0.4) is 0 Å². The predicted molar refractivity (Wildman–Crippen MR) is 105 cm³/mol. The van der Waals surface area contributed by atoms with Crippen molar-refractivity contribution in [3.63, 3.8) is 0 Å². The van der Waals surface area contributed by atoms with Crippen molar-refractivity contribution in [2.75, 3.05) is 10.1 Å². The van der Waals surface area contributed by atoms with E-state index in [4.69, 9.17) is 0 Å². The number of para-hydroxylation sites is 1. The fourth-order valence-electron chi connectivity index (χ4n) is 4.62. The van der Waals surface area contributed by atoms with Gasteiger partial charge in [0.2, 0.25) is 15.9 Å². The quantitative estimate of drug-likeness (QED) is 0.627. The Bertz CT molecular complexity index is 848. The third-order valence-corrected chi connectivity index (χ3v) is 8.98. The van der Waals surface area contributed by atoms with Crippen LogP contribution in [-0.2, 0) is 19.6 Å². The molecule has 0 heterocycles. The van der Waals surface area contributed by atoms with E-state index in [0.717, 1.165) is 10.7 Å². The van der Waals surface area contributed by atoms with Crippen LogP contribution < -0.4 is 4.31 Å². The molecule has 0 aliphatic heterocycles. The first-order chi connectivity index (χ1) is 11.5. The van der Waals surface area contributed by atoms with Gasteiger partial charge in [-0.15, -0.1) is 0 Å². The molecular formula is C18H22INO4S. The number of carbonyl (C=O) groups excluding carboxylic acids is 2. The van der Waals surface area contributed by atoms with Crippen LogP contribution in [0.1, 0.15) is 40.0 Å². The molecule has 5 nitrogen and oxygen atoms in total. The van der Waals surface area contributed by atoms with Crippen LogP contribution in [-0.4, -0.2) is 25.9 Å². The molecule has 2 atom stereocenters. The number of hydrogen-bond acceptors (Lipinski definition) is 4. The second kappa shape index (κ2) is 6.04. The van der Waals surface area contributed by atoms with Gasteiger partial charge in [-0.25, -0.2) is 12.7 Å². The van der Waals surface area contributed by atoms with E-state index >= 15 is 0 Å². The summed E-state index contributed by atoms with van der Waals surface area (Å²) in [6, 6.07) is 6.88. The highest BCUT2D eigenvalue weighted by atomic mass is 127. The number of carbonyl (C=O) groups is 2. The maximum Gasteiger partial charge on any atom is 0.242 e. The molecule has 2 unspecified atom stereocenters. The molecule has 1 aromatic carbocycles. The number of Topliss-reactive ketones (excluding diaryl/α,β-unsaturated/α-hetero) is 1. The summed E-state index contributed by atoms with van der Waals surface area (Å²) in [5, 5.41) is 0. The van der Waals surface area contributed by atoms with Crippen LogP contribution in [0.25, 0.3) is 0 Å². The van der Waals surface area contributed by atoms with Gasteiger partial charge in [0.15, 0.2) is 0 Å². The van der Waals surface area contributed by atoms with Gasteiger partial charge in [0, 0.05) is 16.9 Å². The van der Waals surface area contributed by atoms with Gasteiger partial charge in [0.05, 0.1) is 16.9 Å². The standard InChI is InChI=1S/C18H22INO4S/c1-12(21)20(15-7-5-4-6-14(15)19)25(23,24)11-18-9-8-13(10-16(18)22)17(18,2)3/h4-7,13H,8-11H2,1-3H3. The van der Waals surface area contributed by atoms with Gasteiger partial charge in [0.1, 0.15) is 5.78 Å². The van der Waals surface area contributed by atoms with Crippen molar-refractivity contribution in [3.05, 3.63) is 27.8 Å². The molecule has 0 aromatic heterocycles. The number of hydrogen-bond donors (Lipinski definition) is 0. The first-order valence-electron chi connectivity index (χ1n) is 8.34. The van der Waals surface area contributed by atoms with E-state index < -0.39 is 21.3 Å². The summed E-state index contributed by atoms with van der Waals surface area (Å²) >= 11 is 2.02. The normalized spacial score (nSPS) is 27.5. The molecule has 1 aromatic rings. The molecule has 0 radical (unpaired) electrons. The predicted octanol–water partition coefficient (Wildman–Crippen LogP) is 3.37. The SMILES string of the molecule is CC(=O)N(c1ccccc1I)S(=O)(=O)CC12CCC(CC1=O)C2(C)C. The average Bonchev–Trinajstić information content (AvgIpc) is 2.82. The number of sulfonamides is 1. The Morgan fingerprint density at radius 2 is 1.96 bits per heavy atom. The second-order valence-corrected chi connectivity index (χ2v) is 10.6. The molecule has 3 rings (SSSR count). The number of benzene rings is 1. The van der Waals surface area contributed by atoms with Crippen LogP contribution >= 0.6 is 22.6 Å². The zero-order chi connectivity index (χ0) is 18.6. The van der Waals surface area contributed by atoms with Crippen LogP contribution in [0.4, 0.5) is 5.69 Å². The summed E-state index contributed by atoms with van der Waals surface area (Å²) in [6.07, 6.45) is 1.91. The number of halogens is 1. The second-order valence-electron chi connectivity index (χ2n) is 7.66. The van der Waals surface area contributed by atoms with Gasteiger partial charge >= 0.3 is 0 Å². The lowest BCUT2D eigenvalue weighted by Gasteiger charge is -2.37. The zero-order valence-electron chi connectivity index (χ0n) is 14.6. The van der Waals surface area contributed by atoms with E-state index in [2.05, 4.69) is 0 Å². The monoisotopic (exact) mass is 475 g/mol. The Balaban J connectivity index is 2.05. The number of nitrogens with zero attached hydrogens (tertiary/aromatic N) is 1. The minimum atomic E-state index is -3.97. The number of fused-ring (bicyclic) bond motifs is 2. The highest BCUT2D eigenvalue weighted by molar-refractivity contribution is 14.1. The summed E-state index contributed by atoms with van der Waals surface area (Å²) in [4.78, 5) is 24.9. The largest absolute Gasteiger partial charge is 0.299 e. The fourth-order valence-corrected chi connectivity index (χ4v) is 7.69. The van der Waals surface area contributed by atoms with Crippen molar-refractivity contribution in [1.29, 1.82) is 0 Å². The molecule has 7 heteroatoms. The van der Waals surface area contributed by atoms with Crippen LogP contribution in [0.5, 0.6) is 0 Å². The number of amides is 1. The van der Waals surface area contributed by atoms with Crippen molar-refractivity contribution >= 4 is 50.0 Å². The first kappa shape index (κ1) is 18.8. The van der Waals surface area contributed by atoms with E-state index in [1.807, 2.05) is 36.4 Å². The lowest BCUT2D eigenvalue weighted by atomic mass is 9.70. The fraction of sp³-hybridized carbons (Fsp3) is 0.556. The van der Waals surface area contributed by atoms with E-state index in [-0.39, 0.29) is 22.9 Å². The Morgan fingerprint density at radius 1 is 1.32 bits per heavy atom. The van der Waals surface area contributed by atoms with Crippen molar-refractivity contribution in [3.8, 4) is 0 Å². The molecule has 1 amide bonds. The number of ketones is 1.